The smallest absolute Gasteiger partial charge is 0.238 e. The zero-order valence-electron chi connectivity index (χ0n) is 13.9. The van der Waals surface area contributed by atoms with Crippen LogP contribution in [0.3, 0.4) is 0 Å². The molecule has 2 aromatic heterocycles. The van der Waals surface area contributed by atoms with Gasteiger partial charge in [-0.2, -0.15) is 10.1 Å². The monoisotopic (exact) mass is 391 g/mol. The summed E-state index contributed by atoms with van der Waals surface area (Å²) in [6.07, 6.45) is 1.82. The Morgan fingerprint density at radius 3 is 2.96 bits per heavy atom. The van der Waals surface area contributed by atoms with E-state index in [2.05, 4.69) is 20.4 Å². The minimum Gasteiger partial charge on any atom is -0.380 e. The second kappa shape index (κ2) is 6.83. The van der Waals surface area contributed by atoms with Crippen LogP contribution < -0.4 is 5.32 Å². The molecule has 1 aliphatic heterocycles. The first-order chi connectivity index (χ1) is 12.6. The highest BCUT2D eigenvalue weighted by atomic mass is 35.5. The average Bonchev–Trinajstić information content (AvgIpc) is 3.14. The lowest BCUT2D eigenvalue weighted by molar-refractivity contribution is -0.116. The summed E-state index contributed by atoms with van der Waals surface area (Å²) < 4.78 is 7.08. The number of fused-ring (bicyclic) bond motifs is 2. The quantitative estimate of drug-likeness (QED) is 0.533. The number of nitrogens with one attached hydrogen (secondary N) is 1. The Labute approximate surface area is 159 Å². The van der Waals surface area contributed by atoms with Gasteiger partial charge in [0.15, 0.2) is 5.65 Å². The minimum atomic E-state index is -0.615. The summed E-state index contributed by atoms with van der Waals surface area (Å²) in [5.74, 6) is -0.795. The van der Waals surface area contributed by atoms with Crippen molar-refractivity contribution in [2.24, 2.45) is 0 Å². The van der Waals surface area contributed by atoms with Crippen LogP contribution in [0.4, 0.5) is 5.69 Å². The van der Waals surface area contributed by atoms with E-state index in [9.17, 15) is 4.79 Å². The highest BCUT2D eigenvalue weighted by molar-refractivity contribution is 6.31. The van der Waals surface area contributed by atoms with E-state index in [0.29, 0.717) is 41.5 Å². The molecule has 1 amide bonds. The Balaban J connectivity index is 1.81. The van der Waals surface area contributed by atoms with E-state index in [4.69, 9.17) is 27.9 Å². The number of hydrogen-bond acceptors (Lipinski definition) is 5. The molecule has 3 heterocycles. The van der Waals surface area contributed by atoms with E-state index >= 15 is 0 Å². The summed E-state index contributed by atoms with van der Waals surface area (Å²) in [5, 5.41) is 8.55. The van der Waals surface area contributed by atoms with Crippen LogP contribution in [-0.2, 0) is 16.1 Å². The van der Waals surface area contributed by atoms with E-state index in [1.807, 2.05) is 13.1 Å². The summed E-state index contributed by atoms with van der Waals surface area (Å²) in [7, 11) is 0. The zero-order chi connectivity index (χ0) is 18.3. The predicted octanol–water partition coefficient (Wildman–Crippen LogP) is 3.25. The molecule has 134 valence electrons. The third-order valence-electron chi connectivity index (χ3n) is 4.22. The van der Waals surface area contributed by atoms with Crippen molar-refractivity contribution in [2.45, 2.75) is 19.4 Å². The molecule has 0 radical (unpaired) electrons. The van der Waals surface area contributed by atoms with Crippen molar-refractivity contribution >= 4 is 45.8 Å². The normalized spacial score (nSPS) is 16.1. The second-order valence-electron chi connectivity index (χ2n) is 5.86. The van der Waals surface area contributed by atoms with Gasteiger partial charge in [-0.3, -0.25) is 9.48 Å². The van der Waals surface area contributed by atoms with E-state index in [1.165, 1.54) is 0 Å². The van der Waals surface area contributed by atoms with Crippen LogP contribution >= 0.6 is 23.2 Å². The fourth-order valence-electron chi connectivity index (χ4n) is 3.09. The standard InChI is InChI=1S/C17H15Cl2N5O2/c1-2-26-6-5-24-8-11-14(21-17(19)22-15(11)23-24)13-10-7-9(18)3-4-12(10)20-16(13)25/h3-4,7-8,13H,2,5-6H2,1H3,(H,20,25). The molecule has 0 bridgehead atoms. The van der Waals surface area contributed by atoms with Gasteiger partial charge >= 0.3 is 0 Å². The molecule has 1 atom stereocenters. The minimum absolute atomic E-state index is 0.0471. The van der Waals surface area contributed by atoms with Crippen LogP contribution in [0.15, 0.2) is 24.4 Å². The van der Waals surface area contributed by atoms with Gasteiger partial charge in [-0.25, -0.2) is 4.98 Å². The van der Waals surface area contributed by atoms with Gasteiger partial charge < -0.3 is 10.1 Å². The highest BCUT2D eigenvalue weighted by Crippen LogP contribution is 2.40. The number of halogens is 2. The van der Waals surface area contributed by atoms with Crippen molar-refractivity contribution in [1.29, 1.82) is 0 Å². The van der Waals surface area contributed by atoms with Crippen molar-refractivity contribution in [3.8, 4) is 0 Å². The van der Waals surface area contributed by atoms with Gasteiger partial charge in [0.05, 0.1) is 24.2 Å². The Bertz CT molecular complexity index is 1000. The number of carbonyl (C=O) groups is 1. The van der Waals surface area contributed by atoms with Crippen LogP contribution in [0.1, 0.15) is 24.1 Å². The van der Waals surface area contributed by atoms with Crippen molar-refractivity contribution in [3.05, 3.63) is 46.0 Å². The highest BCUT2D eigenvalue weighted by Gasteiger charge is 2.35. The first kappa shape index (κ1) is 17.2. The molecule has 1 aromatic carbocycles. The van der Waals surface area contributed by atoms with E-state index < -0.39 is 5.92 Å². The molecular formula is C17H15Cl2N5O2. The van der Waals surface area contributed by atoms with Crippen LogP contribution in [0.2, 0.25) is 10.3 Å². The zero-order valence-corrected chi connectivity index (χ0v) is 15.4. The maximum Gasteiger partial charge on any atom is 0.238 e. The number of rotatable bonds is 5. The maximum absolute atomic E-state index is 12.6. The Kier molecular flexibility index (Phi) is 4.52. The van der Waals surface area contributed by atoms with Gasteiger partial charge in [0.2, 0.25) is 11.2 Å². The third kappa shape index (κ3) is 3.02. The number of carbonyl (C=O) groups excluding carboxylic acids is 1. The summed E-state index contributed by atoms with van der Waals surface area (Å²) >= 11 is 12.2. The molecule has 3 aromatic rings. The lowest BCUT2D eigenvalue weighted by atomic mass is 9.95. The fourth-order valence-corrected chi connectivity index (χ4v) is 3.44. The summed E-state index contributed by atoms with van der Waals surface area (Å²) in [6.45, 7) is 3.67. The Morgan fingerprint density at radius 2 is 2.15 bits per heavy atom. The van der Waals surface area contributed by atoms with Gasteiger partial charge in [-0.1, -0.05) is 11.6 Å². The Morgan fingerprint density at radius 1 is 1.31 bits per heavy atom. The van der Waals surface area contributed by atoms with Crippen LogP contribution in [0.5, 0.6) is 0 Å². The van der Waals surface area contributed by atoms with Crippen LogP contribution in [0.25, 0.3) is 11.0 Å². The predicted molar refractivity (Wildman–Crippen MR) is 98.8 cm³/mol. The van der Waals surface area contributed by atoms with Crippen molar-refractivity contribution in [1.82, 2.24) is 19.7 Å². The van der Waals surface area contributed by atoms with Gasteiger partial charge in [-0.05, 0) is 42.3 Å². The number of anilines is 1. The molecule has 7 nitrogen and oxygen atoms in total. The molecule has 1 aliphatic rings. The number of hydrogen-bond donors (Lipinski definition) is 1. The second-order valence-corrected chi connectivity index (χ2v) is 6.63. The summed E-state index contributed by atoms with van der Waals surface area (Å²) in [4.78, 5) is 21.1. The number of ether oxygens (including phenoxy) is 1. The first-order valence-corrected chi connectivity index (χ1v) is 8.91. The molecule has 0 spiro atoms. The average molecular weight is 392 g/mol. The summed E-state index contributed by atoms with van der Waals surface area (Å²) in [5.41, 5.74) is 2.44. The largest absolute Gasteiger partial charge is 0.380 e. The molecule has 0 aliphatic carbocycles. The van der Waals surface area contributed by atoms with E-state index in [0.717, 1.165) is 11.3 Å². The van der Waals surface area contributed by atoms with Crippen LogP contribution in [0, 0.1) is 0 Å². The van der Waals surface area contributed by atoms with Gasteiger partial charge in [0.1, 0.15) is 5.92 Å². The van der Waals surface area contributed by atoms with E-state index in [-0.39, 0.29) is 11.2 Å². The summed E-state index contributed by atoms with van der Waals surface area (Å²) in [6, 6.07) is 5.28. The fraction of sp³-hybridized carbons (Fsp3) is 0.294. The molecule has 26 heavy (non-hydrogen) atoms. The molecule has 1 N–H and O–H groups in total. The number of amides is 1. The van der Waals surface area contributed by atoms with Gasteiger partial charge in [-0.15, -0.1) is 0 Å². The SMILES string of the molecule is CCOCCn1cc2c(C3C(=O)Nc4ccc(Cl)cc43)nc(Cl)nc2n1. The molecule has 0 saturated carbocycles. The number of nitrogens with zero attached hydrogens (tertiary/aromatic N) is 4. The third-order valence-corrected chi connectivity index (χ3v) is 4.62. The molecule has 1 unspecified atom stereocenters. The lowest BCUT2D eigenvalue weighted by Gasteiger charge is -2.09. The Hall–Kier alpha value is -2.22. The number of aromatic nitrogens is 4. The van der Waals surface area contributed by atoms with Crippen molar-refractivity contribution in [3.63, 3.8) is 0 Å². The molecular weight excluding hydrogens is 377 g/mol. The van der Waals surface area contributed by atoms with Crippen molar-refractivity contribution in [2.75, 3.05) is 18.5 Å². The topological polar surface area (TPSA) is 81.9 Å². The van der Waals surface area contributed by atoms with Crippen molar-refractivity contribution < 1.29 is 9.53 Å². The number of benzene rings is 1. The first-order valence-electron chi connectivity index (χ1n) is 8.15. The molecule has 0 fully saturated rings. The maximum atomic E-state index is 12.6. The molecule has 9 heteroatoms. The van der Waals surface area contributed by atoms with Crippen LogP contribution in [-0.4, -0.2) is 38.9 Å². The molecule has 0 saturated heterocycles. The van der Waals surface area contributed by atoms with Gasteiger partial charge in [0.25, 0.3) is 0 Å². The molecule has 4 rings (SSSR count). The van der Waals surface area contributed by atoms with E-state index in [1.54, 1.807) is 22.9 Å². The van der Waals surface area contributed by atoms with Gasteiger partial charge in [0, 0.05) is 23.5 Å². The lowest BCUT2D eigenvalue weighted by Crippen LogP contribution is -2.15.